The van der Waals surface area contributed by atoms with Gasteiger partial charge >= 0.3 is 0 Å². The fourth-order valence-corrected chi connectivity index (χ4v) is 5.75. The molecule has 0 amide bonds. The van der Waals surface area contributed by atoms with Gasteiger partial charge in [0, 0.05) is 24.0 Å². The predicted octanol–water partition coefficient (Wildman–Crippen LogP) is 2.41. The summed E-state index contributed by atoms with van der Waals surface area (Å²) in [6.07, 6.45) is 7.66. The summed E-state index contributed by atoms with van der Waals surface area (Å²) in [5, 5.41) is 3.38. The van der Waals surface area contributed by atoms with E-state index in [2.05, 4.69) is 27.2 Å². The summed E-state index contributed by atoms with van der Waals surface area (Å²) in [5.74, 6) is 2.39. The van der Waals surface area contributed by atoms with Gasteiger partial charge in [0.2, 0.25) is 10.0 Å². The van der Waals surface area contributed by atoms with Crippen LogP contribution in [0, 0.1) is 12.3 Å². The number of thiophene rings is 1. The lowest BCUT2D eigenvalue weighted by Gasteiger charge is -2.17. The fourth-order valence-electron chi connectivity index (χ4n) is 1.80. The molecule has 0 atom stereocenters. The minimum absolute atomic E-state index is 0.0940. The van der Waals surface area contributed by atoms with Gasteiger partial charge in [-0.2, -0.15) is 4.31 Å². The van der Waals surface area contributed by atoms with Crippen molar-refractivity contribution in [2.45, 2.75) is 37.2 Å². The summed E-state index contributed by atoms with van der Waals surface area (Å²) in [6, 6.07) is 2.34. The average molecular weight is 377 g/mol. The third-order valence-electron chi connectivity index (χ3n) is 3.09. The Labute approximate surface area is 132 Å². The molecule has 0 radical (unpaired) electrons. The van der Waals surface area contributed by atoms with E-state index in [-0.39, 0.29) is 6.54 Å². The van der Waals surface area contributed by atoms with Crippen LogP contribution in [0.3, 0.4) is 0 Å². The zero-order chi connectivity index (χ0) is 14.8. The highest BCUT2D eigenvalue weighted by atomic mass is 79.9. The second-order valence-electron chi connectivity index (χ2n) is 4.64. The number of sulfonamides is 1. The van der Waals surface area contributed by atoms with Crippen molar-refractivity contribution in [1.29, 1.82) is 0 Å². The molecule has 0 spiro atoms. The van der Waals surface area contributed by atoms with Crippen LogP contribution in [0.2, 0.25) is 0 Å². The molecule has 1 aromatic rings. The van der Waals surface area contributed by atoms with Gasteiger partial charge in [0.25, 0.3) is 0 Å². The van der Waals surface area contributed by atoms with Crippen molar-refractivity contribution < 1.29 is 8.42 Å². The summed E-state index contributed by atoms with van der Waals surface area (Å²) in [7, 11) is -3.52. The van der Waals surface area contributed by atoms with Crippen LogP contribution in [-0.4, -0.2) is 31.9 Å². The first kappa shape index (κ1) is 16.0. The molecule has 0 aliphatic heterocycles. The second-order valence-corrected chi connectivity index (χ2v) is 9.00. The maximum Gasteiger partial charge on any atom is 0.245 e. The topological polar surface area (TPSA) is 49.4 Å². The molecule has 0 saturated heterocycles. The van der Waals surface area contributed by atoms with Crippen molar-refractivity contribution in [2.75, 3.05) is 13.1 Å². The Morgan fingerprint density at radius 3 is 2.85 bits per heavy atom. The van der Waals surface area contributed by atoms with E-state index in [1.165, 1.54) is 28.5 Å². The van der Waals surface area contributed by atoms with E-state index in [9.17, 15) is 8.42 Å². The second kappa shape index (κ2) is 6.58. The van der Waals surface area contributed by atoms with Crippen LogP contribution in [0.5, 0.6) is 0 Å². The van der Waals surface area contributed by atoms with Crippen LogP contribution >= 0.6 is 27.3 Å². The van der Waals surface area contributed by atoms with E-state index in [0.29, 0.717) is 27.8 Å². The minimum Gasteiger partial charge on any atom is -0.309 e. The lowest BCUT2D eigenvalue weighted by atomic mass is 10.4. The zero-order valence-corrected chi connectivity index (χ0v) is 14.4. The third-order valence-corrected chi connectivity index (χ3v) is 7.26. The summed E-state index contributed by atoms with van der Waals surface area (Å²) in [4.78, 5) is 1.33. The van der Waals surface area contributed by atoms with E-state index >= 15 is 0 Å². The van der Waals surface area contributed by atoms with E-state index in [1.807, 2.05) is 0 Å². The smallest absolute Gasteiger partial charge is 0.245 e. The first-order chi connectivity index (χ1) is 9.48. The van der Waals surface area contributed by atoms with Gasteiger partial charge in [-0.15, -0.1) is 17.8 Å². The highest BCUT2D eigenvalue weighted by Gasteiger charge is 2.27. The molecule has 1 aromatic heterocycles. The Kier molecular flexibility index (Phi) is 5.26. The summed E-state index contributed by atoms with van der Waals surface area (Å²) in [6.45, 7) is 2.96. The minimum atomic E-state index is -3.52. The van der Waals surface area contributed by atoms with Crippen LogP contribution in [-0.2, 0) is 16.6 Å². The van der Waals surface area contributed by atoms with Crippen LogP contribution < -0.4 is 5.32 Å². The number of nitrogens with one attached hydrogen (secondary N) is 1. The van der Waals surface area contributed by atoms with Crippen molar-refractivity contribution >= 4 is 37.3 Å². The lowest BCUT2D eigenvalue weighted by Crippen LogP contribution is -2.31. The molecule has 1 N–H and O–H groups in total. The maximum atomic E-state index is 12.5. The van der Waals surface area contributed by atoms with Crippen molar-refractivity contribution in [3.63, 3.8) is 0 Å². The van der Waals surface area contributed by atoms with Gasteiger partial charge in [-0.1, -0.05) is 12.8 Å². The molecule has 1 saturated carbocycles. The van der Waals surface area contributed by atoms with Crippen LogP contribution in [0.25, 0.3) is 0 Å². The summed E-state index contributed by atoms with van der Waals surface area (Å²) < 4.78 is 27.0. The summed E-state index contributed by atoms with van der Waals surface area (Å²) >= 11 is 4.81. The zero-order valence-electron chi connectivity index (χ0n) is 11.2. The Hall–Kier alpha value is -0.390. The van der Waals surface area contributed by atoms with Crippen LogP contribution in [0.4, 0.5) is 0 Å². The van der Waals surface area contributed by atoms with Crippen molar-refractivity contribution in [1.82, 2.24) is 9.62 Å². The average Bonchev–Trinajstić information content (AvgIpc) is 3.15. The van der Waals surface area contributed by atoms with Crippen molar-refractivity contribution in [3.05, 3.63) is 14.7 Å². The number of halogens is 1. The van der Waals surface area contributed by atoms with Gasteiger partial charge in [-0.25, -0.2) is 8.42 Å². The number of nitrogens with zero attached hydrogens (tertiary/aromatic N) is 1. The lowest BCUT2D eigenvalue weighted by molar-refractivity contribution is 0.464. The molecule has 1 aliphatic rings. The quantitative estimate of drug-likeness (QED) is 0.743. The van der Waals surface area contributed by atoms with E-state index in [0.717, 1.165) is 4.88 Å². The number of hydrogen-bond acceptors (Lipinski definition) is 4. The van der Waals surface area contributed by atoms with Crippen molar-refractivity contribution in [2.24, 2.45) is 0 Å². The van der Waals surface area contributed by atoms with E-state index in [4.69, 9.17) is 6.42 Å². The molecule has 20 heavy (non-hydrogen) atoms. The standard InChI is InChI=1S/C13H17BrN2O2S2/c1-3-7-16(4-2)20(17,18)12-8-11(19-13(12)14)9-15-10-5-6-10/h1,8,10,15H,4-7,9H2,2H3. The van der Waals surface area contributed by atoms with Gasteiger partial charge in [0.05, 0.1) is 10.3 Å². The normalized spacial score (nSPS) is 15.5. The third kappa shape index (κ3) is 3.62. The van der Waals surface area contributed by atoms with Gasteiger partial charge < -0.3 is 5.32 Å². The molecular weight excluding hydrogens is 360 g/mol. The molecule has 7 heteroatoms. The SMILES string of the molecule is C#CCN(CC)S(=O)(=O)c1cc(CNC2CC2)sc1Br. The highest BCUT2D eigenvalue weighted by molar-refractivity contribution is 9.11. The number of rotatable bonds is 7. The van der Waals surface area contributed by atoms with E-state index in [1.54, 1.807) is 13.0 Å². The molecule has 2 rings (SSSR count). The van der Waals surface area contributed by atoms with E-state index < -0.39 is 10.0 Å². The van der Waals surface area contributed by atoms with Crippen molar-refractivity contribution in [3.8, 4) is 12.3 Å². The first-order valence-corrected chi connectivity index (χ1v) is 9.49. The number of hydrogen-bond donors (Lipinski definition) is 1. The Morgan fingerprint density at radius 1 is 1.60 bits per heavy atom. The molecule has 1 fully saturated rings. The molecule has 1 aliphatic carbocycles. The molecule has 0 aromatic carbocycles. The molecule has 0 unspecified atom stereocenters. The van der Waals surface area contributed by atoms with Crippen LogP contribution in [0.1, 0.15) is 24.6 Å². The Morgan fingerprint density at radius 2 is 2.30 bits per heavy atom. The molecule has 110 valence electrons. The molecular formula is C13H17BrN2O2S2. The monoisotopic (exact) mass is 376 g/mol. The largest absolute Gasteiger partial charge is 0.309 e. The van der Waals surface area contributed by atoms with Gasteiger partial charge in [-0.05, 0) is 34.8 Å². The molecule has 0 bridgehead atoms. The number of terminal acetylenes is 1. The van der Waals surface area contributed by atoms with Crippen LogP contribution in [0.15, 0.2) is 14.7 Å². The fraction of sp³-hybridized carbons (Fsp3) is 0.538. The van der Waals surface area contributed by atoms with Gasteiger partial charge in [-0.3, -0.25) is 0 Å². The molecule has 1 heterocycles. The Bertz CT molecular complexity index is 615. The van der Waals surface area contributed by atoms with Gasteiger partial charge in [0.15, 0.2) is 0 Å². The molecule has 4 nitrogen and oxygen atoms in total. The first-order valence-electron chi connectivity index (χ1n) is 6.44. The highest BCUT2D eigenvalue weighted by Crippen LogP contribution is 2.34. The summed E-state index contributed by atoms with van der Waals surface area (Å²) in [5.41, 5.74) is 0. The Balaban J connectivity index is 2.19. The maximum absolute atomic E-state index is 12.5. The van der Waals surface area contributed by atoms with Gasteiger partial charge in [0.1, 0.15) is 4.90 Å². The predicted molar refractivity (Wildman–Crippen MR) is 85.1 cm³/mol.